The maximum atomic E-state index is 14.5. The zero-order chi connectivity index (χ0) is 23.0. The van der Waals surface area contributed by atoms with E-state index < -0.39 is 71.8 Å². The quantitative estimate of drug-likeness (QED) is 0.471. The third kappa shape index (κ3) is 6.19. The summed E-state index contributed by atoms with van der Waals surface area (Å²) in [5, 5.41) is 11.1. The second-order valence-corrected chi connectivity index (χ2v) is 8.61. The van der Waals surface area contributed by atoms with Gasteiger partial charge in [-0.25, -0.2) is 17.6 Å². The fourth-order valence-corrected chi connectivity index (χ4v) is 3.60. The van der Waals surface area contributed by atoms with Gasteiger partial charge in [-0.1, -0.05) is 6.07 Å². The number of alkyl halides is 5. The van der Waals surface area contributed by atoms with E-state index in [4.69, 9.17) is 5.26 Å². The smallest absolute Gasteiger partial charge is 0.298 e. The van der Waals surface area contributed by atoms with Crippen LogP contribution in [0.1, 0.15) is 56.6 Å². The molecule has 0 amide bonds. The van der Waals surface area contributed by atoms with Crippen molar-refractivity contribution in [1.29, 1.82) is 5.26 Å². The Morgan fingerprint density at radius 2 is 1.81 bits per heavy atom. The van der Waals surface area contributed by atoms with Crippen LogP contribution in [0.5, 0.6) is 0 Å². The monoisotopic (exact) mass is 450 g/mol. The van der Waals surface area contributed by atoms with E-state index in [0.717, 1.165) is 0 Å². The first-order valence-electron chi connectivity index (χ1n) is 9.94. The molecule has 2 fully saturated rings. The summed E-state index contributed by atoms with van der Waals surface area (Å²) >= 11 is 0. The lowest BCUT2D eigenvalue weighted by atomic mass is 9.91. The summed E-state index contributed by atoms with van der Waals surface area (Å²) in [5.41, 5.74) is -1.77. The van der Waals surface area contributed by atoms with Crippen LogP contribution in [0.15, 0.2) is 18.2 Å². The summed E-state index contributed by atoms with van der Waals surface area (Å²) in [5.74, 6) is -7.44. The van der Waals surface area contributed by atoms with Crippen LogP contribution in [0.25, 0.3) is 0 Å². The van der Waals surface area contributed by atoms with Crippen LogP contribution in [0.2, 0.25) is 0 Å². The number of hydrogen-bond acceptors (Lipinski definition) is 3. The Labute approximate surface area is 174 Å². The first-order chi connectivity index (χ1) is 14.3. The highest BCUT2D eigenvalue weighted by Crippen LogP contribution is 2.49. The molecule has 3 nitrogen and oxygen atoms in total. The molecule has 2 aliphatic carbocycles. The van der Waals surface area contributed by atoms with Crippen LogP contribution in [0, 0.1) is 34.3 Å². The highest BCUT2D eigenvalue weighted by Gasteiger charge is 2.50. The first-order valence-corrected chi connectivity index (χ1v) is 9.94. The zero-order valence-corrected chi connectivity index (χ0v) is 16.4. The van der Waals surface area contributed by atoms with Gasteiger partial charge in [0, 0.05) is 19.3 Å². The molecule has 31 heavy (non-hydrogen) atoms. The molecule has 10 heteroatoms. The predicted octanol–water partition coefficient (Wildman–Crippen LogP) is 5.61. The average molecular weight is 450 g/mol. The predicted molar refractivity (Wildman–Crippen MR) is 95.9 cm³/mol. The van der Waals surface area contributed by atoms with Crippen molar-refractivity contribution in [2.45, 2.75) is 69.1 Å². The van der Waals surface area contributed by atoms with Crippen molar-refractivity contribution in [2.24, 2.45) is 11.3 Å². The molecule has 1 aromatic rings. The lowest BCUT2D eigenvalue weighted by Gasteiger charge is -2.30. The Morgan fingerprint density at radius 3 is 2.29 bits per heavy atom. The number of benzene rings is 1. The van der Waals surface area contributed by atoms with E-state index in [-0.39, 0.29) is 5.92 Å². The number of carbonyl (C=O) groups is 1. The number of ketones is 1. The SMILES string of the molecule is N#CC1(CC(=O)[C@H](CC(F)(F)CC2CC2)N[C@@H](c2ccc(F)c(F)c2)C(F)(F)F)CC1. The molecule has 0 aromatic heterocycles. The van der Waals surface area contributed by atoms with E-state index in [0.29, 0.717) is 43.9 Å². The Balaban J connectivity index is 1.86. The lowest BCUT2D eigenvalue weighted by molar-refractivity contribution is -0.163. The molecular formula is C21H21F7N2O. The summed E-state index contributed by atoms with van der Waals surface area (Å²) in [6, 6.07) is -1.14. The molecule has 0 bridgehead atoms. The Hall–Kier alpha value is -2.15. The molecule has 2 atom stereocenters. The second kappa shape index (κ2) is 8.41. The summed E-state index contributed by atoms with van der Waals surface area (Å²) in [4.78, 5) is 12.7. The van der Waals surface area contributed by atoms with Gasteiger partial charge >= 0.3 is 6.18 Å². The third-order valence-electron chi connectivity index (χ3n) is 5.75. The van der Waals surface area contributed by atoms with Crippen LogP contribution < -0.4 is 5.32 Å². The minimum atomic E-state index is -5.07. The highest BCUT2D eigenvalue weighted by molar-refractivity contribution is 5.85. The molecule has 0 radical (unpaired) electrons. The minimum Gasteiger partial charge on any atom is -0.298 e. The fraction of sp³-hybridized carbons (Fsp3) is 0.619. The number of rotatable bonds is 10. The van der Waals surface area contributed by atoms with Gasteiger partial charge in [0.2, 0.25) is 5.92 Å². The van der Waals surface area contributed by atoms with Gasteiger partial charge in [0.15, 0.2) is 17.4 Å². The molecule has 170 valence electrons. The van der Waals surface area contributed by atoms with E-state index in [1.54, 1.807) is 0 Å². The van der Waals surface area contributed by atoms with Crippen LogP contribution in [-0.4, -0.2) is 23.9 Å². The van der Waals surface area contributed by atoms with Crippen molar-refractivity contribution < 1.29 is 35.5 Å². The number of carbonyl (C=O) groups excluding carboxylic acids is 1. The normalized spacial score (nSPS) is 20.1. The van der Waals surface area contributed by atoms with E-state index >= 15 is 0 Å². The van der Waals surface area contributed by atoms with Crippen molar-refractivity contribution in [3.8, 4) is 6.07 Å². The molecule has 0 heterocycles. The van der Waals surface area contributed by atoms with Crippen molar-refractivity contribution in [3.05, 3.63) is 35.4 Å². The molecule has 2 aliphatic rings. The van der Waals surface area contributed by atoms with Gasteiger partial charge in [0.25, 0.3) is 0 Å². The van der Waals surface area contributed by atoms with E-state index in [2.05, 4.69) is 0 Å². The van der Waals surface area contributed by atoms with Crippen LogP contribution in [-0.2, 0) is 4.79 Å². The highest BCUT2D eigenvalue weighted by atomic mass is 19.4. The van der Waals surface area contributed by atoms with Gasteiger partial charge in [-0.15, -0.1) is 0 Å². The topological polar surface area (TPSA) is 52.9 Å². The molecule has 0 aliphatic heterocycles. The van der Waals surface area contributed by atoms with Gasteiger partial charge in [-0.2, -0.15) is 18.4 Å². The van der Waals surface area contributed by atoms with E-state index in [1.807, 2.05) is 11.4 Å². The maximum absolute atomic E-state index is 14.5. The molecule has 0 spiro atoms. The van der Waals surface area contributed by atoms with Crippen LogP contribution in [0.4, 0.5) is 30.7 Å². The fourth-order valence-electron chi connectivity index (χ4n) is 3.60. The van der Waals surface area contributed by atoms with E-state index in [9.17, 15) is 35.5 Å². The van der Waals surface area contributed by atoms with Crippen molar-refractivity contribution in [3.63, 3.8) is 0 Å². The van der Waals surface area contributed by atoms with Gasteiger partial charge in [-0.05, 0) is 49.3 Å². The van der Waals surface area contributed by atoms with Crippen molar-refractivity contribution in [1.82, 2.24) is 5.32 Å². The van der Waals surface area contributed by atoms with Gasteiger partial charge in [0.1, 0.15) is 6.04 Å². The molecule has 0 saturated heterocycles. The van der Waals surface area contributed by atoms with Crippen molar-refractivity contribution >= 4 is 5.78 Å². The second-order valence-electron chi connectivity index (χ2n) is 8.61. The molecule has 2 saturated carbocycles. The number of hydrogen-bond donors (Lipinski definition) is 1. The maximum Gasteiger partial charge on any atom is 0.407 e. The Bertz CT molecular complexity index is 869. The largest absolute Gasteiger partial charge is 0.407 e. The number of nitrogens with zero attached hydrogens (tertiary/aromatic N) is 1. The van der Waals surface area contributed by atoms with Crippen LogP contribution in [0.3, 0.4) is 0 Å². The average Bonchev–Trinajstić information content (AvgIpc) is 3.58. The molecular weight excluding hydrogens is 429 g/mol. The van der Waals surface area contributed by atoms with Gasteiger partial charge in [0.05, 0.1) is 17.5 Å². The number of nitriles is 1. The molecule has 1 N–H and O–H groups in total. The first kappa shape index (κ1) is 23.5. The summed E-state index contributed by atoms with van der Waals surface area (Å²) in [7, 11) is 0. The van der Waals surface area contributed by atoms with Crippen molar-refractivity contribution in [2.75, 3.05) is 0 Å². The van der Waals surface area contributed by atoms with Gasteiger partial charge < -0.3 is 0 Å². The summed E-state index contributed by atoms with van der Waals surface area (Å²) in [6.07, 6.45) is -5.29. The van der Waals surface area contributed by atoms with Crippen LogP contribution >= 0.6 is 0 Å². The summed E-state index contributed by atoms with van der Waals surface area (Å²) in [6.45, 7) is 0. The standard InChI is InChI=1S/C21H21F7N2O/c22-14-4-3-13(7-15(14)23)18(21(26,27)28)30-16(9-20(24,25)8-12-1-2-12)17(31)10-19(11-29)5-6-19/h3-4,7,12,16,18,30H,1-2,5-6,8-10H2/t16-,18-/m0/s1. The Morgan fingerprint density at radius 1 is 1.16 bits per heavy atom. The number of Topliss-reactive ketones (excluding diaryl/α,β-unsaturated/α-hetero) is 1. The molecule has 3 rings (SSSR count). The summed E-state index contributed by atoms with van der Waals surface area (Å²) < 4.78 is 96.8. The third-order valence-corrected chi connectivity index (χ3v) is 5.75. The zero-order valence-electron chi connectivity index (χ0n) is 16.4. The number of nitrogens with one attached hydrogen (secondary N) is 1. The lowest BCUT2D eigenvalue weighted by Crippen LogP contribution is -2.47. The minimum absolute atomic E-state index is 0.232. The van der Waals surface area contributed by atoms with Gasteiger partial charge in [-0.3, -0.25) is 10.1 Å². The molecule has 1 aromatic carbocycles. The Kier molecular flexibility index (Phi) is 6.38. The number of halogens is 7. The van der Waals surface area contributed by atoms with E-state index in [1.165, 1.54) is 0 Å². The molecule has 0 unspecified atom stereocenters.